The molecule has 3 aromatic rings. The first-order chi connectivity index (χ1) is 17.6. The molecule has 0 heterocycles. The van der Waals surface area contributed by atoms with Crippen LogP contribution >= 0.6 is 0 Å². The van der Waals surface area contributed by atoms with Crippen LogP contribution in [0.3, 0.4) is 0 Å². The number of carbonyl (C=O) groups excluding carboxylic acids is 2. The van der Waals surface area contributed by atoms with Gasteiger partial charge in [0.2, 0.25) is 0 Å². The van der Waals surface area contributed by atoms with E-state index >= 15 is 0 Å². The van der Waals surface area contributed by atoms with E-state index < -0.39 is 63.3 Å². The van der Waals surface area contributed by atoms with Crippen LogP contribution in [0.2, 0.25) is 0 Å². The van der Waals surface area contributed by atoms with Crippen LogP contribution in [0.5, 0.6) is 0 Å². The molecule has 0 aliphatic carbocycles. The summed E-state index contributed by atoms with van der Waals surface area (Å²) in [4.78, 5) is 26.5. The molecule has 3 rings (SSSR count). The standard InChI is InChI=1S/C28H21F9O2/c1-14-5-15(10-20(6-14)26(29,30)31)23(38)16-7-17(9-19(8-16)25(2,3)4)24(39)18-11-21(27(32,33)34)13-22(12-18)28(35,36)37/h5-13H,1-4H3. The van der Waals surface area contributed by atoms with Crippen LogP contribution in [-0.2, 0) is 23.9 Å². The Balaban J connectivity index is 2.22. The van der Waals surface area contributed by atoms with Crippen molar-refractivity contribution >= 4 is 11.6 Å². The Morgan fingerprint density at radius 1 is 0.462 bits per heavy atom. The van der Waals surface area contributed by atoms with E-state index in [1.54, 1.807) is 20.8 Å². The van der Waals surface area contributed by atoms with E-state index in [0.29, 0.717) is 11.6 Å². The molecule has 39 heavy (non-hydrogen) atoms. The van der Waals surface area contributed by atoms with E-state index in [1.165, 1.54) is 25.1 Å². The molecule has 0 saturated carbocycles. The minimum absolute atomic E-state index is 0.118. The van der Waals surface area contributed by atoms with Crippen molar-refractivity contribution in [1.29, 1.82) is 0 Å². The second-order valence-electron chi connectivity index (χ2n) is 10.1. The fourth-order valence-corrected chi connectivity index (χ4v) is 3.82. The van der Waals surface area contributed by atoms with Gasteiger partial charge in [0.1, 0.15) is 0 Å². The molecule has 0 radical (unpaired) electrons. The summed E-state index contributed by atoms with van der Waals surface area (Å²) in [5.41, 5.74) is -6.73. The lowest BCUT2D eigenvalue weighted by Crippen LogP contribution is -2.17. The van der Waals surface area contributed by atoms with Crippen molar-refractivity contribution in [2.45, 2.75) is 51.6 Å². The maximum Gasteiger partial charge on any atom is 0.416 e. The van der Waals surface area contributed by atoms with Gasteiger partial charge in [0.05, 0.1) is 16.7 Å². The van der Waals surface area contributed by atoms with Gasteiger partial charge < -0.3 is 0 Å². The lowest BCUT2D eigenvalue weighted by molar-refractivity contribution is -0.143. The van der Waals surface area contributed by atoms with Gasteiger partial charge in [-0.1, -0.05) is 20.8 Å². The van der Waals surface area contributed by atoms with Gasteiger partial charge in [-0.25, -0.2) is 0 Å². The SMILES string of the molecule is Cc1cc(C(=O)c2cc(C(=O)c3cc(C(F)(F)F)cc(C(F)(F)F)c3)cc(C(C)(C)C)c2)cc(C(F)(F)F)c1. The van der Waals surface area contributed by atoms with Gasteiger partial charge in [0.25, 0.3) is 0 Å². The average molecular weight is 560 g/mol. The molecule has 0 N–H and O–H groups in total. The molecule has 11 heteroatoms. The van der Waals surface area contributed by atoms with Crippen molar-refractivity contribution in [2.24, 2.45) is 0 Å². The predicted octanol–water partition coefficient (Wildman–Crippen LogP) is 8.81. The van der Waals surface area contributed by atoms with Crippen LogP contribution in [-0.4, -0.2) is 11.6 Å². The van der Waals surface area contributed by atoms with Gasteiger partial charge in [0, 0.05) is 22.3 Å². The smallest absolute Gasteiger partial charge is 0.289 e. The van der Waals surface area contributed by atoms with Crippen LogP contribution in [0, 0.1) is 6.92 Å². The number of carbonyl (C=O) groups is 2. The second-order valence-corrected chi connectivity index (χ2v) is 10.1. The largest absolute Gasteiger partial charge is 0.416 e. The minimum Gasteiger partial charge on any atom is -0.289 e. The van der Waals surface area contributed by atoms with Crippen molar-refractivity contribution in [3.63, 3.8) is 0 Å². The fourth-order valence-electron chi connectivity index (χ4n) is 3.82. The van der Waals surface area contributed by atoms with E-state index in [2.05, 4.69) is 0 Å². The summed E-state index contributed by atoms with van der Waals surface area (Å²) in [7, 11) is 0. The minimum atomic E-state index is -5.19. The van der Waals surface area contributed by atoms with Crippen LogP contribution in [0.4, 0.5) is 39.5 Å². The van der Waals surface area contributed by atoms with E-state index in [9.17, 15) is 49.1 Å². The molecule has 0 atom stereocenters. The topological polar surface area (TPSA) is 34.1 Å². The number of benzene rings is 3. The molecule has 3 aromatic carbocycles. The molecule has 0 saturated heterocycles. The average Bonchev–Trinajstić information content (AvgIpc) is 2.79. The molecule has 0 aromatic heterocycles. The van der Waals surface area contributed by atoms with Gasteiger partial charge in [-0.05, 0) is 78.1 Å². The van der Waals surface area contributed by atoms with E-state index in [-0.39, 0.29) is 34.9 Å². The van der Waals surface area contributed by atoms with Gasteiger partial charge in [0.15, 0.2) is 11.6 Å². The Kier molecular flexibility index (Phi) is 7.55. The van der Waals surface area contributed by atoms with Crippen LogP contribution in [0.25, 0.3) is 0 Å². The van der Waals surface area contributed by atoms with Gasteiger partial charge in [-0.15, -0.1) is 0 Å². The Bertz CT molecular complexity index is 1410. The Labute approximate surface area is 217 Å². The molecule has 2 nitrogen and oxygen atoms in total. The van der Waals surface area contributed by atoms with Gasteiger partial charge in [-0.2, -0.15) is 39.5 Å². The number of hydrogen-bond acceptors (Lipinski definition) is 2. The normalized spacial score (nSPS) is 12.9. The maximum absolute atomic E-state index is 13.3. The van der Waals surface area contributed by atoms with Crippen molar-refractivity contribution in [2.75, 3.05) is 0 Å². The Morgan fingerprint density at radius 3 is 1.13 bits per heavy atom. The third kappa shape index (κ3) is 6.88. The molecule has 0 aliphatic heterocycles. The molecular weight excluding hydrogens is 539 g/mol. The first kappa shape index (κ1) is 29.9. The molecule has 0 spiro atoms. The van der Waals surface area contributed by atoms with E-state index in [4.69, 9.17) is 0 Å². The lowest BCUT2D eigenvalue weighted by Gasteiger charge is -2.21. The zero-order valence-corrected chi connectivity index (χ0v) is 20.9. The third-order valence-corrected chi connectivity index (χ3v) is 5.84. The molecular formula is C28H21F9O2. The molecule has 0 bridgehead atoms. The number of rotatable bonds is 4. The predicted molar refractivity (Wildman–Crippen MR) is 125 cm³/mol. The molecule has 0 fully saturated rings. The van der Waals surface area contributed by atoms with Crippen LogP contribution in [0.15, 0.2) is 54.6 Å². The monoisotopic (exact) mass is 560 g/mol. The summed E-state index contributed by atoms with van der Waals surface area (Å²) in [5, 5.41) is 0. The highest BCUT2D eigenvalue weighted by molar-refractivity contribution is 6.13. The van der Waals surface area contributed by atoms with Crippen LogP contribution < -0.4 is 0 Å². The fraction of sp³-hybridized carbons (Fsp3) is 0.286. The molecule has 0 unspecified atom stereocenters. The van der Waals surface area contributed by atoms with Crippen LogP contribution in [0.1, 0.15) is 80.4 Å². The Morgan fingerprint density at radius 2 is 0.769 bits per heavy atom. The zero-order valence-electron chi connectivity index (χ0n) is 20.9. The maximum atomic E-state index is 13.3. The quantitative estimate of drug-likeness (QED) is 0.236. The summed E-state index contributed by atoms with van der Waals surface area (Å²) in [6.07, 6.45) is -15.1. The van der Waals surface area contributed by atoms with Crippen molar-refractivity contribution in [3.05, 3.63) is 105 Å². The van der Waals surface area contributed by atoms with Crippen molar-refractivity contribution in [1.82, 2.24) is 0 Å². The number of alkyl halides is 9. The highest BCUT2D eigenvalue weighted by Crippen LogP contribution is 2.37. The molecule has 0 aliphatic rings. The molecule has 208 valence electrons. The van der Waals surface area contributed by atoms with Gasteiger partial charge >= 0.3 is 18.5 Å². The summed E-state index contributed by atoms with van der Waals surface area (Å²) in [6, 6.07) is 6.59. The van der Waals surface area contributed by atoms with Gasteiger partial charge in [-0.3, -0.25) is 9.59 Å². The summed E-state index contributed by atoms with van der Waals surface area (Å²) < 4.78 is 120. The zero-order chi connectivity index (χ0) is 29.7. The third-order valence-electron chi connectivity index (χ3n) is 5.84. The van der Waals surface area contributed by atoms with E-state index in [0.717, 1.165) is 12.1 Å². The number of halogens is 9. The molecule has 0 amide bonds. The van der Waals surface area contributed by atoms with Crippen molar-refractivity contribution < 1.29 is 49.1 Å². The second kappa shape index (κ2) is 9.84. The summed E-state index contributed by atoms with van der Waals surface area (Å²) >= 11 is 0. The first-order valence-electron chi connectivity index (χ1n) is 11.3. The number of hydrogen-bond donors (Lipinski definition) is 0. The summed E-state index contributed by atoms with van der Waals surface area (Å²) in [5.74, 6) is -2.14. The highest BCUT2D eigenvalue weighted by atomic mass is 19.4. The lowest BCUT2D eigenvalue weighted by atomic mass is 9.83. The van der Waals surface area contributed by atoms with Crippen molar-refractivity contribution in [3.8, 4) is 0 Å². The highest BCUT2D eigenvalue weighted by Gasteiger charge is 2.38. The number of aryl methyl sites for hydroxylation is 1. The first-order valence-corrected chi connectivity index (χ1v) is 11.3. The number of ketones is 2. The summed E-state index contributed by atoms with van der Waals surface area (Å²) in [6.45, 7) is 6.36. The Hall–Kier alpha value is -3.63. The van der Waals surface area contributed by atoms with E-state index in [1.807, 2.05) is 0 Å².